The van der Waals surface area contributed by atoms with Crippen LogP contribution in [-0.2, 0) is 9.59 Å². The van der Waals surface area contributed by atoms with Crippen LogP contribution in [0.25, 0.3) is 6.08 Å². The Morgan fingerprint density at radius 2 is 1.56 bits per heavy atom. The standard InChI is InChI=1S/C25H20N2O4S/c1-16-14-21(30-2)11-8-17(16)15-22-23(28)26-25(32)27(24(22)29)18-9-12-20(13-10-18)31-19-6-4-3-5-7-19/h3-15H,1-2H3,(H,26,28,32). The van der Waals surface area contributed by atoms with Gasteiger partial charge in [-0.05, 0) is 84.9 Å². The molecule has 1 heterocycles. The van der Waals surface area contributed by atoms with Gasteiger partial charge in [-0.25, -0.2) is 0 Å². The van der Waals surface area contributed by atoms with Gasteiger partial charge in [0.05, 0.1) is 12.8 Å². The maximum absolute atomic E-state index is 13.2. The maximum Gasteiger partial charge on any atom is 0.270 e. The van der Waals surface area contributed by atoms with E-state index in [2.05, 4.69) is 5.32 Å². The molecule has 0 bridgehead atoms. The van der Waals surface area contributed by atoms with Crippen LogP contribution in [0.3, 0.4) is 0 Å². The first kappa shape index (κ1) is 21.3. The van der Waals surface area contributed by atoms with Crippen molar-refractivity contribution in [3.05, 3.63) is 89.5 Å². The number of benzene rings is 3. The number of para-hydroxylation sites is 1. The molecule has 4 rings (SSSR count). The van der Waals surface area contributed by atoms with E-state index in [0.717, 1.165) is 11.1 Å². The fraction of sp³-hybridized carbons (Fsp3) is 0.0800. The summed E-state index contributed by atoms with van der Waals surface area (Å²) in [6.45, 7) is 1.88. The number of methoxy groups -OCH3 is 1. The predicted octanol–water partition coefficient (Wildman–Crippen LogP) is 4.63. The van der Waals surface area contributed by atoms with Gasteiger partial charge in [-0.15, -0.1) is 0 Å². The van der Waals surface area contributed by atoms with Gasteiger partial charge in [0.2, 0.25) is 0 Å². The zero-order valence-electron chi connectivity index (χ0n) is 17.5. The van der Waals surface area contributed by atoms with Gasteiger partial charge in [0.25, 0.3) is 11.8 Å². The van der Waals surface area contributed by atoms with E-state index in [-0.39, 0.29) is 10.7 Å². The van der Waals surface area contributed by atoms with Crippen molar-refractivity contribution in [2.45, 2.75) is 6.92 Å². The number of anilines is 1. The van der Waals surface area contributed by atoms with Crippen LogP contribution in [0.1, 0.15) is 11.1 Å². The van der Waals surface area contributed by atoms with Gasteiger partial charge in [-0.1, -0.05) is 24.3 Å². The Morgan fingerprint density at radius 3 is 2.22 bits per heavy atom. The monoisotopic (exact) mass is 444 g/mol. The summed E-state index contributed by atoms with van der Waals surface area (Å²) in [6.07, 6.45) is 1.56. The Bertz CT molecular complexity index is 1220. The van der Waals surface area contributed by atoms with Crippen LogP contribution in [0.2, 0.25) is 0 Å². The minimum Gasteiger partial charge on any atom is -0.497 e. The summed E-state index contributed by atoms with van der Waals surface area (Å²) in [7, 11) is 1.58. The number of ether oxygens (including phenoxy) is 2. The van der Waals surface area contributed by atoms with Crippen LogP contribution in [0.15, 0.2) is 78.4 Å². The molecule has 0 aromatic heterocycles. The van der Waals surface area contributed by atoms with Crippen molar-refractivity contribution in [2.24, 2.45) is 0 Å². The van der Waals surface area contributed by atoms with E-state index in [1.807, 2.05) is 43.3 Å². The molecule has 0 radical (unpaired) electrons. The van der Waals surface area contributed by atoms with Crippen molar-refractivity contribution in [1.29, 1.82) is 0 Å². The number of nitrogens with one attached hydrogen (secondary N) is 1. The molecule has 0 atom stereocenters. The summed E-state index contributed by atoms with van der Waals surface area (Å²) in [5, 5.41) is 2.63. The molecule has 1 aliphatic heterocycles. The lowest BCUT2D eigenvalue weighted by atomic mass is 10.0. The fourth-order valence-corrected chi connectivity index (χ4v) is 3.55. The van der Waals surface area contributed by atoms with Gasteiger partial charge in [0.1, 0.15) is 22.8 Å². The van der Waals surface area contributed by atoms with Gasteiger partial charge in [0.15, 0.2) is 5.11 Å². The molecule has 7 heteroatoms. The molecule has 1 saturated heterocycles. The van der Waals surface area contributed by atoms with E-state index in [0.29, 0.717) is 22.9 Å². The molecule has 1 aliphatic rings. The summed E-state index contributed by atoms with van der Waals surface area (Å²) in [4.78, 5) is 27.0. The molecule has 32 heavy (non-hydrogen) atoms. The first-order valence-electron chi connectivity index (χ1n) is 9.85. The second-order valence-electron chi connectivity index (χ2n) is 7.09. The van der Waals surface area contributed by atoms with E-state index in [1.165, 1.54) is 4.90 Å². The molecule has 6 nitrogen and oxygen atoms in total. The molecule has 0 spiro atoms. The first-order valence-corrected chi connectivity index (χ1v) is 10.3. The molecular weight excluding hydrogens is 424 g/mol. The van der Waals surface area contributed by atoms with Crippen molar-refractivity contribution in [3.63, 3.8) is 0 Å². The summed E-state index contributed by atoms with van der Waals surface area (Å²) in [6, 6.07) is 21.7. The zero-order valence-corrected chi connectivity index (χ0v) is 18.3. The smallest absolute Gasteiger partial charge is 0.270 e. The van der Waals surface area contributed by atoms with Crippen molar-refractivity contribution < 1.29 is 19.1 Å². The topological polar surface area (TPSA) is 67.9 Å². The van der Waals surface area contributed by atoms with Crippen LogP contribution >= 0.6 is 12.2 Å². The molecule has 3 aromatic rings. The zero-order chi connectivity index (χ0) is 22.7. The number of aryl methyl sites for hydroxylation is 1. The number of carbonyl (C=O) groups is 2. The minimum absolute atomic E-state index is 0.00326. The number of carbonyl (C=O) groups excluding carboxylic acids is 2. The lowest BCUT2D eigenvalue weighted by Crippen LogP contribution is -2.54. The Hall–Kier alpha value is -3.97. The molecule has 160 valence electrons. The number of hydrogen-bond donors (Lipinski definition) is 1. The van der Waals surface area contributed by atoms with Crippen LogP contribution in [0.5, 0.6) is 17.2 Å². The molecular formula is C25H20N2O4S. The number of amides is 2. The number of rotatable bonds is 5. The molecule has 0 saturated carbocycles. The highest BCUT2D eigenvalue weighted by Gasteiger charge is 2.34. The van der Waals surface area contributed by atoms with Gasteiger partial charge >= 0.3 is 0 Å². The summed E-state index contributed by atoms with van der Waals surface area (Å²) in [5.74, 6) is 0.993. The third kappa shape index (κ3) is 4.38. The van der Waals surface area contributed by atoms with E-state index in [4.69, 9.17) is 21.7 Å². The third-order valence-corrected chi connectivity index (χ3v) is 5.24. The van der Waals surface area contributed by atoms with Crippen LogP contribution in [0, 0.1) is 6.92 Å². The molecule has 0 aliphatic carbocycles. The second kappa shape index (κ2) is 9.03. The summed E-state index contributed by atoms with van der Waals surface area (Å²) < 4.78 is 11.0. The Kier molecular flexibility index (Phi) is 6.00. The third-order valence-electron chi connectivity index (χ3n) is 4.95. The molecule has 0 unspecified atom stereocenters. The van der Waals surface area contributed by atoms with Gasteiger partial charge < -0.3 is 9.47 Å². The van der Waals surface area contributed by atoms with Crippen molar-refractivity contribution >= 4 is 40.9 Å². The molecule has 2 amide bonds. The van der Waals surface area contributed by atoms with Gasteiger partial charge in [0, 0.05) is 0 Å². The maximum atomic E-state index is 13.2. The largest absolute Gasteiger partial charge is 0.497 e. The average molecular weight is 445 g/mol. The predicted molar refractivity (Wildman–Crippen MR) is 127 cm³/mol. The summed E-state index contributed by atoms with van der Waals surface area (Å²) in [5.41, 5.74) is 2.14. The molecule has 3 aromatic carbocycles. The van der Waals surface area contributed by atoms with Gasteiger partial charge in [-0.3, -0.25) is 19.8 Å². The number of nitrogens with zero attached hydrogens (tertiary/aromatic N) is 1. The van der Waals surface area contributed by atoms with Crippen LogP contribution in [-0.4, -0.2) is 24.0 Å². The minimum atomic E-state index is -0.532. The Morgan fingerprint density at radius 1 is 0.906 bits per heavy atom. The highest BCUT2D eigenvalue weighted by atomic mass is 32.1. The number of hydrogen-bond acceptors (Lipinski definition) is 5. The van der Waals surface area contributed by atoms with E-state index in [9.17, 15) is 9.59 Å². The van der Waals surface area contributed by atoms with Crippen LogP contribution < -0.4 is 19.7 Å². The first-order chi connectivity index (χ1) is 15.5. The lowest BCUT2D eigenvalue weighted by molar-refractivity contribution is -0.122. The number of thiocarbonyl (C=S) groups is 1. The highest BCUT2D eigenvalue weighted by molar-refractivity contribution is 7.80. The van der Waals surface area contributed by atoms with Crippen LogP contribution in [0.4, 0.5) is 5.69 Å². The second-order valence-corrected chi connectivity index (χ2v) is 7.48. The van der Waals surface area contributed by atoms with E-state index in [1.54, 1.807) is 49.6 Å². The van der Waals surface area contributed by atoms with Crippen molar-refractivity contribution in [1.82, 2.24) is 5.32 Å². The Balaban J connectivity index is 1.61. The normalized spacial score (nSPS) is 15.0. The summed E-state index contributed by atoms with van der Waals surface area (Å²) >= 11 is 5.28. The fourth-order valence-electron chi connectivity index (χ4n) is 3.27. The van der Waals surface area contributed by atoms with E-state index >= 15 is 0 Å². The Labute approximate surface area is 191 Å². The highest BCUT2D eigenvalue weighted by Crippen LogP contribution is 2.27. The average Bonchev–Trinajstić information content (AvgIpc) is 2.79. The van der Waals surface area contributed by atoms with Gasteiger partial charge in [-0.2, -0.15) is 0 Å². The van der Waals surface area contributed by atoms with E-state index < -0.39 is 11.8 Å². The quantitative estimate of drug-likeness (QED) is 0.353. The molecule has 1 fully saturated rings. The van der Waals surface area contributed by atoms with Crippen molar-refractivity contribution in [3.8, 4) is 17.2 Å². The SMILES string of the molecule is COc1ccc(C=C2C(=O)NC(=S)N(c3ccc(Oc4ccccc4)cc3)C2=O)c(C)c1. The lowest BCUT2D eigenvalue weighted by Gasteiger charge is -2.29. The van der Waals surface area contributed by atoms with Crippen molar-refractivity contribution in [2.75, 3.05) is 12.0 Å². The molecule has 1 N–H and O–H groups in total.